The van der Waals surface area contributed by atoms with E-state index in [0.717, 1.165) is 12.1 Å². The van der Waals surface area contributed by atoms with Crippen LogP contribution < -0.4 is 11.1 Å². The number of benzene rings is 2. The van der Waals surface area contributed by atoms with Crippen molar-refractivity contribution in [3.05, 3.63) is 59.7 Å². The predicted octanol–water partition coefficient (Wildman–Crippen LogP) is 3.76. The summed E-state index contributed by atoms with van der Waals surface area (Å²) in [6.07, 6.45) is -5.69. The van der Waals surface area contributed by atoms with E-state index in [2.05, 4.69) is 5.32 Å². The second-order valence-electron chi connectivity index (χ2n) is 8.46. The zero-order chi connectivity index (χ0) is 26.9. The van der Waals surface area contributed by atoms with Crippen molar-refractivity contribution in [2.75, 3.05) is 24.1 Å². The van der Waals surface area contributed by atoms with Crippen molar-refractivity contribution in [3.8, 4) is 0 Å². The van der Waals surface area contributed by atoms with Crippen LogP contribution in [0, 0.1) is 5.92 Å². The van der Waals surface area contributed by atoms with Crippen molar-refractivity contribution in [1.29, 1.82) is 0 Å². The van der Waals surface area contributed by atoms with E-state index in [1.807, 2.05) is 0 Å². The normalized spacial score (nSPS) is 18.0. The SMILES string of the molecule is Nc1ccc(NC(=O)C(O)(Cc2ccccc2)C2CCN(S(=O)(=O)C(F)(F)F)CC2)cc1C(F)(F)F. The first-order valence-electron chi connectivity index (χ1n) is 10.7. The van der Waals surface area contributed by atoms with Crippen molar-refractivity contribution < 1.29 is 44.7 Å². The predicted molar refractivity (Wildman–Crippen MR) is 119 cm³/mol. The number of alkyl halides is 6. The Labute approximate surface area is 202 Å². The summed E-state index contributed by atoms with van der Waals surface area (Å²) in [7, 11) is -5.59. The molecule has 1 amide bonds. The number of halogens is 6. The number of nitrogens with two attached hydrogens (primary N) is 1. The first kappa shape index (κ1) is 27.7. The molecule has 0 saturated carbocycles. The van der Waals surface area contributed by atoms with E-state index in [-0.39, 0.29) is 29.3 Å². The third-order valence-electron chi connectivity index (χ3n) is 6.09. The second kappa shape index (κ2) is 9.90. The van der Waals surface area contributed by atoms with Crippen LogP contribution >= 0.6 is 0 Å². The molecule has 2 aromatic rings. The number of nitrogens with one attached hydrogen (secondary N) is 1. The number of nitrogen functional groups attached to an aromatic ring is 1. The molecule has 1 saturated heterocycles. The number of hydrogen-bond acceptors (Lipinski definition) is 5. The summed E-state index contributed by atoms with van der Waals surface area (Å²) in [5.74, 6) is -2.07. The van der Waals surface area contributed by atoms with Gasteiger partial charge in [0, 0.05) is 30.9 Å². The number of nitrogens with zero attached hydrogens (tertiary/aromatic N) is 1. The summed E-state index contributed by atoms with van der Waals surface area (Å²) < 4.78 is 102. The first-order chi connectivity index (χ1) is 16.6. The minimum atomic E-state index is -5.59. The number of rotatable bonds is 6. The topological polar surface area (TPSA) is 113 Å². The van der Waals surface area contributed by atoms with E-state index in [1.165, 1.54) is 0 Å². The number of carbonyl (C=O) groups excluding carboxylic acids is 1. The smallest absolute Gasteiger partial charge is 0.398 e. The van der Waals surface area contributed by atoms with Crippen molar-refractivity contribution >= 4 is 27.3 Å². The van der Waals surface area contributed by atoms with Crippen LogP contribution in [-0.4, -0.2) is 47.9 Å². The molecule has 0 aromatic heterocycles. The number of sulfonamides is 1. The van der Waals surface area contributed by atoms with Gasteiger partial charge >= 0.3 is 21.7 Å². The lowest BCUT2D eigenvalue weighted by molar-refractivity contribution is -0.142. The molecule has 3 rings (SSSR count). The molecule has 1 aliphatic heterocycles. The van der Waals surface area contributed by atoms with Crippen LogP contribution in [0.3, 0.4) is 0 Å². The fourth-order valence-electron chi connectivity index (χ4n) is 4.16. The molecule has 0 bridgehead atoms. The minimum Gasteiger partial charge on any atom is -0.398 e. The number of aliphatic hydroxyl groups is 1. The molecule has 198 valence electrons. The Morgan fingerprint density at radius 1 is 1.03 bits per heavy atom. The van der Waals surface area contributed by atoms with Gasteiger partial charge in [-0.15, -0.1) is 0 Å². The molecular weight excluding hydrogens is 516 g/mol. The summed E-state index contributed by atoms with van der Waals surface area (Å²) in [6.45, 7) is -1.20. The maximum Gasteiger partial charge on any atom is 0.511 e. The summed E-state index contributed by atoms with van der Waals surface area (Å²) in [4.78, 5) is 13.2. The number of carbonyl (C=O) groups is 1. The van der Waals surface area contributed by atoms with Crippen molar-refractivity contribution in [2.24, 2.45) is 5.92 Å². The maximum absolute atomic E-state index is 13.2. The standard InChI is InChI=1S/C22H23F6N3O4S/c23-21(24,25)17-12-16(6-7-18(17)29)30-19(32)20(33,13-14-4-2-1-3-5-14)15-8-10-31(11-9-15)36(34,35)22(26,27)28/h1-7,12,15,33H,8-11,13,29H2,(H,30,32). The van der Waals surface area contributed by atoms with Crippen LogP contribution in [0.5, 0.6) is 0 Å². The van der Waals surface area contributed by atoms with E-state index < -0.39 is 63.5 Å². The van der Waals surface area contributed by atoms with Crippen LogP contribution in [0.2, 0.25) is 0 Å². The Hall–Kier alpha value is -2.84. The number of amides is 1. The molecule has 0 aliphatic carbocycles. The van der Waals surface area contributed by atoms with Gasteiger partial charge in [-0.05, 0) is 42.5 Å². The Bertz CT molecular complexity index is 1200. The van der Waals surface area contributed by atoms with Gasteiger partial charge < -0.3 is 16.2 Å². The highest BCUT2D eigenvalue weighted by molar-refractivity contribution is 7.90. The van der Waals surface area contributed by atoms with Crippen molar-refractivity contribution in [2.45, 2.75) is 36.5 Å². The Balaban J connectivity index is 1.89. The Morgan fingerprint density at radius 2 is 1.61 bits per heavy atom. The van der Waals surface area contributed by atoms with Gasteiger partial charge in [0.2, 0.25) is 0 Å². The average molecular weight is 539 g/mol. The van der Waals surface area contributed by atoms with Gasteiger partial charge in [0.1, 0.15) is 5.60 Å². The van der Waals surface area contributed by atoms with E-state index >= 15 is 0 Å². The van der Waals surface area contributed by atoms with E-state index in [0.29, 0.717) is 11.6 Å². The molecule has 1 aliphatic rings. The molecule has 1 unspecified atom stereocenters. The van der Waals surface area contributed by atoms with Crippen molar-refractivity contribution in [1.82, 2.24) is 4.31 Å². The highest BCUT2D eigenvalue weighted by Gasteiger charge is 2.53. The third kappa shape index (κ3) is 5.76. The third-order valence-corrected chi connectivity index (χ3v) is 7.72. The van der Waals surface area contributed by atoms with E-state index in [4.69, 9.17) is 5.73 Å². The van der Waals surface area contributed by atoms with Crippen LogP contribution in [0.15, 0.2) is 48.5 Å². The molecule has 0 spiro atoms. The van der Waals surface area contributed by atoms with E-state index in [9.17, 15) is 44.7 Å². The fourth-order valence-corrected chi connectivity index (χ4v) is 5.14. The molecule has 0 radical (unpaired) electrons. The lowest BCUT2D eigenvalue weighted by Gasteiger charge is -2.40. The molecule has 2 aromatic carbocycles. The second-order valence-corrected chi connectivity index (χ2v) is 10.4. The summed E-state index contributed by atoms with van der Waals surface area (Å²) >= 11 is 0. The molecule has 4 N–H and O–H groups in total. The van der Waals surface area contributed by atoms with Gasteiger partial charge in [-0.3, -0.25) is 4.79 Å². The van der Waals surface area contributed by atoms with Gasteiger partial charge in [0.15, 0.2) is 0 Å². The van der Waals surface area contributed by atoms with Crippen molar-refractivity contribution in [3.63, 3.8) is 0 Å². The zero-order valence-corrected chi connectivity index (χ0v) is 19.4. The number of piperidine rings is 1. The Morgan fingerprint density at radius 3 is 2.14 bits per heavy atom. The molecule has 1 heterocycles. The lowest BCUT2D eigenvalue weighted by Crippen LogP contribution is -2.55. The van der Waals surface area contributed by atoms with Crippen LogP contribution in [-0.2, 0) is 27.4 Å². The number of anilines is 2. The highest BCUT2D eigenvalue weighted by atomic mass is 32.2. The highest BCUT2D eigenvalue weighted by Crippen LogP contribution is 2.38. The summed E-state index contributed by atoms with van der Waals surface area (Å²) in [6, 6.07) is 10.8. The zero-order valence-electron chi connectivity index (χ0n) is 18.6. The summed E-state index contributed by atoms with van der Waals surface area (Å²) in [5.41, 5.74) is -3.98. The molecule has 14 heteroatoms. The van der Waals surface area contributed by atoms with Gasteiger partial charge in [-0.2, -0.15) is 30.6 Å². The molecule has 7 nitrogen and oxygen atoms in total. The number of hydrogen-bond donors (Lipinski definition) is 3. The maximum atomic E-state index is 13.2. The van der Waals surface area contributed by atoms with Gasteiger partial charge in [-0.25, -0.2) is 8.42 Å². The summed E-state index contributed by atoms with van der Waals surface area (Å²) in [5, 5.41) is 13.8. The van der Waals surface area contributed by atoms with Gasteiger partial charge in [0.05, 0.1) is 5.56 Å². The fraction of sp³-hybridized carbons (Fsp3) is 0.409. The molecule has 1 fully saturated rings. The van der Waals surface area contributed by atoms with Crippen LogP contribution in [0.1, 0.15) is 24.0 Å². The van der Waals surface area contributed by atoms with Gasteiger partial charge in [-0.1, -0.05) is 30.3 Å². The lowest BCUT2D eigenvalue weighted by atomic mass is 9.76. The molecule has 1 atom stereocenters. The average Bonchev–Trinajstić information content (AvgIpc) is 2.79. The van der Waals surface area contributed by atoms with E-state index in [1.54, 1.807) is 30.3 Å². The quantitative estimate of drug-likeness (QED) is 0.382. The monoisotopic (exact) mass is 539 g/mol. The molecular formula is C22H23F6N3O4S. The van der Waals surface area contributed by atoms with Gasteiger partial charge in [0.25, 0.3) is 5.91 Å². The Kier molecular flexibility index (Phi) is 7.63. The van der Waals surface area contributed by atoms with Crippen LogP contribution in [0.4, 0.5) is 37.7 Å². The first-order valence-corrected chi connectivity index (χ1v) is 12.1. The largest absolute Gasteiger partial charge is 0.511 e. The minimum absolute atomic E-state index is 0.236. The molecule has 36 heavy (non-hydrogen) atoms. The van der Waals surface area contributed by atoms with Crippen LogP contribution in [0.25, 0.3) is 0 Å².